The average Bonchev–Trinajstić information content (AvgIpc) is 2.65. The van der Waals surface area contributed by atoms with Crippen LogP contribution in [0, 0.1) is 22.7 Å². The molecule has 2 aliphatic carbocycles. The van der Waals surface area contributed by atoms with Crippen LogP contribution in [-0.4, -0.2) is 28.5 Å². The minimum Gasteiger partial charge on any atom is -0.493 e. The number of fused-ring (bicyclic) bond motifs is 2. The molecule has 0 unspecified atom stereocenters. The summed E-state index contributed by atoms with van der Waals surface area (Å²) in [5.74, 6) is 0.891. The standard InChI is InChI=1S/C24H32O5/c1-22(2)19-9-7-16(24(4,27)23(19,3)12-11-20(22)25)14-28-17-8-5-15-6-10-21(26)29-18(15)13-17/h5-6,8,10,13,16,19-20,25,27H,7,9,11-12,14H2,1-4H3/t16-,19+,20+,23+,24+/m1/s1. The highest BCUT2D eigenvalue weighted by Gasteiger charge is 2.62. The Bertz CT molecular complexity index is 959. The lowest BCUT2D eigenvalue weighted by Crippen LogP contribution is -2.64. The molecule has 1 aromatic heterocycles. The van der Waals surface area contributed by atoms with Crippen molar-refractivity contribution in [1.29, 1.82) is 0 Å². The van der Waals surface area contributed by atoms with Gasteiger partial charge >= 0.3 is 5.63 Å². The number of benzene rings is 1. The zero-order chi connectivity index (χ0) is 21.0. The molecule has 0 saturated heterocycles. The van der Waals surface area contributed by atoms with Crippen LogP contribution in [0.15, 0.2) is 39.5 Å². The van der Waals surface area contributed by atoms with E-state index in [2.05, 4.69) is 20.8 Å². The molecule has 158 valence electrons. The SMILES string of the molecule is CC1(C)[C@@H](O)CC[C@@]2(C)[C@H]1CC[C@H](COc1ccc3ccc(=O)oc3c1)[C@]2(C)O. The Labute approximate surface area is 171 Å². The molecule has 5 atom stereocenters. The van der Waals surface area contributed by atoms with Crippen LogP contribution in [0.4, 0.5) is 0 Å². The van der Waals surface area contributed by atoms with Gasteiger partial charge in [-0.3, -0.25) is 0 Å². The van der Waals surface area contributed by atoms with Crippen LogP contribution in [0.25, 0.3) is 11.0 Å². The molecule has 2 aliphatic rings. The predicted molar refractivity (Wildman–Crippen MR) is 112 cm³/mol. The second kappa shape index (κ2) is 6.85. The van der Waals surface area contributed by atoms with E-state index in [1.54, 1.807) is 12.1 Å². The lowest BCUT2D eigenvalue weighted by atomic mass is 9.44. The highest BCUT2D eigenvalue weighted by molar-refractivity contribution is 5.77. The lowest BCUT2D eigenvalue weighted by molar-refractivity contribution is -0.227. The van der Waals surface area contributed by atoms with Crippen LogP contribution in [-0.2, 0) is 0 Å². The van der Waals surface area contributed by atoms with Gasteiger partial charge in [-0.2, -0.15) is 0 Å². The largest absolute Gasteiger partial charge is 0.493 e. The first-order valence-electron chi connectivity index (χ1n) is 10.6. The van der Waals surface area contributed by atoms with Crippen LogP contribution < -0.4 is 10.4 Å². The fourth-order valence-corrected chi connectivity index (χ4v) is 6.02. The molecule has 4 rings (SSSR count). The van der Waals surface area contributed by atoms with Crippen molar-refractivity contribution in [2.24, 2.45) is 22.7 Å². The third kappa shape index (κ3) is 3.19. The summed E-state index contributed by atoms with van der Waals surface area (Å²) in [6, 6.07) is 8.61. The minimum atomic E-state index is -0.892. The van der Waals surface area contributed by atoms with Gasteiger partial charge in [0.15, 0.2) is 0 Å². The maximum absolute atomic E-state index is 11.7. The molecular weight excluding hydrogens is 368 g/mol. The fourth-order valence-electron chi connectivity index (χ4n) is 6.02. The molecule has 1 aromatic carbocycles. The molecule has 1 heterocycles. The molecule has 0 aliphatic heterocycles. The maximum atomic E-state index is 11.7. The van der Waals surface area contributed by atoms with E-state index in [1.165, 1.54) is 6.07 Å². The van der Waals surface area contributed by atoms with Crippen LogP contribution in [0.3, 0.4) is 0 Å². The lowest BCUT2D eigenvalue weighted by Gasteiger charge is -2.63. The van der Waals surface area contributed by atoms with E-state index >= 15 is 0 Å². The molecule has 2 N–H and O–H groups in total. The maximum Gasteiger partial charge on any atom is 0.336 e. The zero-order valence-electron chi connectivity index (χ0n) is 17.8. The van der Waals surface area contributed by atoms with Gasteiger partial charge in [-0.05, 0) is 67.6 Å². The smallest absolute Gasteiger partial charge is 0.336 e. The minimum absolute atomic E-state index is 0.00623. The molecule has 0 bridgehead atoms. The van der Waals surface area contributed by atoms with Crippen LogP contribution >= 0.6 is 0 Å². The number of hydrogen-bond acceptors (Lipinski definition) is 5. The Kier molecular flexibility index (Phi) is 4.82. The fraction of sp³-hybridized carbons (Fsp3) is 0.625. The molecule has 2 saturated carbocycles. The normalized spacial score (nSPS) is 36.6. The van der Waals surface area contributed by atoms with Crippen molar-refractivity contribution in [1.82, 2.24) is 0 Å². The molecule has 2 aromatic rings. The summed E-state index contributed by atoms with van der Waals surface area (Å²) in [5, 5.41) is 23.1. The van der Waals surface area contributed by atoms with Gasteiger partial charge in [-0.1, -0.05) is 20.8 Å². The Morgan fingerprint density at radius 1 is 1.10 bits per heavy atom. The van der Waals surface area contributed by atoms with Gasteiger partial charge in [-0.25, -0.2) is 4.79 Å². The van der Waals surface area contributed by atoms with Gasteiger partial charge in [-0.15, -0.1) is 0 Å². The predicted octanol–water partition coefficient (Wildman–Crippen LogP) is 4.14. The van der Waals surface area contributed by atoms with E-state index in [0.29, 0.717) is 24.4 Å². The zero-order valence-corrected chi connectivity index (χ0v) is 17.8. The molecule has 0 radical (unpaired) electrons. The summed E-state index contributed by atoms with van der Waals surface area (Å²) in [6.07, 6.45) is 3.03. The topological polar surface area (TPSA) is 79.9 Å². The van der Waals surface area contributed by atoms with Crippen molar-refractivity contribution in [2.75, 3.05) is 6.61 Å². The molecule has 5 heteroatoms. The third-order valence-electron chi connectivity index (χ3n) is 8.26. The summed E-state index contributed by atoms with van der Waals surface area (Å²) in [4.78, 5) is 11.5. The number of hydrogen-bond donors (Lipinski definition) is 2. The number of ether oxygens (including phenoxy) is 1. The van der Waals surface area contributed by atoms with Crippen LogP contribution in [0.5, 0.6) is 5.75 Å². The second-order valence-corrected chi connectivity index (χ2v) is 10.0. The average molecular weight is 401 g/mol. The van der Waals surface area contributed by atoms with E-state index in [4.69, 9.17) is 9.15 Å². The van der Waals surface area contributed by atoms with Crippen LogP contribution in [0.2, 0.25) is 0 Å². The summed E-state index contributed by atoms with van der Waals surface area (Å²) in [7, 11) is 0. The Hall–Kier alpha value is -1.85. The first kappa shape index (κ1) is 20.4. The molecular formula is C24H32O5. The van der Waals surface area contributed by atoms with E-state index < -0.39 is 5.60 Å². The van der Waals surface area contributed by atoms with Crippen molar-refractivity contribution >= 4 is 11.0 Å². The van der Waals surface area contributed by atoms with Crippen molar-refractivity contribution in [3.63, 3.8) is 0 Å². The van der Waals surface area contributed by atoms with Gasteiger partial charge in [0.05, 0.1) is 18.3 Å². The molecule has 2 fully saturated rings. The van der Waals surface area contributed by atoms with Crippen molar-refractivity contribution in [2.45, 2.75) is 65.1 Å². The summed E-state index contributed by atoms with van der Waals surface area (Å²) < 4.78 is 11.3. The van der Waals surface area contributed by atoms with Crippen molar-refractivity contribution in [3.05, 3.63) is 40.8 Å². The first-order chi connectivity index (χ1) is 13.6. The molecule has 5 nitrogen and oxygen atoms in total. The number of aliphatic hydroxyl groups is 2. The van der Waals surface area contributed by atoms with E-state index in [0.717, 1.165) is 24.6 Å². The monoisotopic (exact) mass is 400 g/mol. The molecule has 0 spiro atoms. The van der Waals surface area contributed by atoms with Gasteiger partial charge in [0, 0.05) is 23.4 Å². The Balaban J connectivity index is 1.54. The highest BCUT2D eigenvalue weighted by atomic mass is 16.5. The number of aliphatic hydroxyl groups excluding tert-OH is 1. The summed E-state index contributed by atoms with van der Waals surface area (Å²) in [5.41, 5.74) is -1.25. The van der Waals surface area contributed by atoms with Crippen LogP contribution in [0.1, 0.15) is 53.4 Å². The van der Waals surface area contributed by atoms with Crippen molar-refractivity contribution < 1.29 is 19.4 Å². The summed E-state index contributed by atoms with van der Waals surface area (Å²) >= 11 is 0. The quantitative estimate of drug-likeness (QED) is 0.757. The Morgan fingerprint density at radius 3 is 2.59 bits per heavy atom. The summed E-state index contributed by atoms with van der Waals surface area (Å²) in [6.45, 7) is 8.80. The van der Waals surface area contributed by atoms with Gasteiger partial charge < -0.3 is 19.4 Å². The van der Waals surface area contributed by atoms with E-state index in [1.807, 2.05) is 19.1 Å². The second-order valence-electron chi connectivity index (χ2n) is 10.0. The number of rotatable bonds is 3. The molecule has 0 amide bonds. The van der Waals surface area contributed by atoms with Gasteiger partial charge in [0.2, 0.25) is 0 Å². The third-order valence-corrected chi connectivity index (χ3v) is 8.26. The van der Waals surface area contributed by atoms with Crippen molar-refractivity contribution in [3.8, 4) is 5.75 Å². The highest BCUT2D eigenvalue weighted by Crippen LogP contribution is 2.62. The Morgan fingerprint density at radius 2 is 1.83 bits per heavy atom. The van der Waals surface area contributed by atoms with Gasteiger partial charge in [0.1, 0.15) is 11.3 Å². The van der Waals surface area contributed by atoms with E-state index in [9.17, 15) is 15.0 Å². The van der Waals surface area contributed by atoms with E-state index in [-0.39, 0.29) is 34.4 Å². The van der Waals surface area contributed by atoms with Gasteiger partial charge in [0.25, 0.3) is 0 Å². The first-order valence-corrected chi connectivity index (χ1v) is 10.6. The molecule has 29 heavy (non-hydrogen) atoms.